The molecule has 0 aromatic rings. The zero-order chi connectivity index (χ0) is 8.08. The maximum atomic E-state index is 8.52. The molecule has 0 rings (SSSR count). The molecule has 10 heteroatoms. The van der Waals surface area contributed by atoms with Crippen molar-refractivity contribution in [1.82, 2.24) is 0 Å². The summed E-state index contributed by atoms with van der Waals surface area (Å²) in [5.74, 6) is 0. The molecule has 4 nitrogen and oxygen atoms in total. The standard InChI is InChI=1S/3ClH.H2O4S.Pt.Rh/c;;;1-5(2,3)4;;/h3*1H;(H2,1,2,3,4);;/q;;;;+2;+3/p-5. The summed E-state index contributed by atoms with van der Waals surface area (Å²) in [7, 11) is 9.64. The van der Waals surface area contributed by atoms with Crippen LogP contribution < -0.4 is 0 Å². The van der Waals surface area contributed by atoms with Crippen molar-refractivity contribution < 1.29 is 51.6 Å². The van der Waals surface area contributed by atoms with Gasteiger partial charge in [0.1, 0.15) is 0 Å². The van der Waals surface area contributed by atoms with E-state index in [1.54, 1.807) is 0 Å². The second-order valence-corrected chi connectivity index (χ2v) is 8.83. The van der Waals surface area contributed by atoms with Gasteiger partial charge < -0.3 is 9.11 Å². The molecular weight excluding hydrogens is 500 g/mol. The molecule has 0 N–H and O–H groups in total. The molecule has 10 heavy (non-hydrogen) atoms. The number of hydrogen-bond acceptors (Lipinski definition) is 4. The van der Waals surface area contributed by atoms with Gasteiger partial charge in [0.2, 0.25) is 0 Å². The summed E-state index contributed by atoms with van der Waals surface area (Å²) in [6.07, 6.45) is 0. The molecule has 0 atom stereocenters. The van der Waals surface area contributed by atoms with Crippen LogP contribution in [0.5, 0.6) is 0 Å². The third kappa shape index (κ3) is 196. The van der Waals surface area contributed by atoms with Gasteiger partial charge in [0.15, 0.2) is 0 Å². The Hall–Kier alpha value is 2.05. The van der Waals surface area contributed by atoms with Crippen molar-refractivity contribution in [2.24, 2.45) is 0 Å². The van der Waals surface area contributed by atoms with Gasteiger partial charge in [-0.1, -0.05) is 0 Å². The smallest absolute Gasteiger partial charge is 2.00 e. The Morgan fingerprint density at radius 3 is 1.10 bits per heavy atom. The fourth-order valence-corrected chi connectivity index (χ4v) is 0. The summed E-state index contributed by atoms with van der Waals surface area (Å²) in [5.41, 5.74) is 0. The Morgan fingerprint density at radius 2 is 1.10 bits per heavy atom. The van der Waals surface area contributed by atoms with Crippen LogP contribution in [0.15, 0.2) is 0 Å². The number of hydrogen-bond donors (Lipinski definition) is 0. The third-order valence-corrected chi connectivity index (χ3v) is 0. The van der Waals surface area contributed by atoms with E-state index in [2.05, 4.69) is 0 Å². The van der Waals surface area contributed by atoms with Crippen LogP contribution in [0.2, 0.25) is 0 Å². The zero-order valence-electron chi connectivity index (χ0n) is 3.82. The largest absolute Gasteiger partial charge is 2.00 e. The average molecular weight is 500 g/mol. The number of rotatable bonds is 0. The van der Waals surface area contributed by atoms with Crippen molar-refractivity contribution in [3.8, 4) is 0 Å². The van der Waals surface area contributed by atoms with E-state index in [0.717, 1.165) is 0 Å². The van der Waals surface area contributed by atoms with Crippen LogP contribution in [0, 0.1) is 0 Å². The van der Waals surface area contributed by atoms with E-state index in [0.29, 0.717) is 0 Å². The van der Waals surface area contributed by atoms with E-state index in [4.69, 9.17) is 46.6 Å². The topological polar surface area (TPSA) is 80.3 Å². The van der Waals surface area contributed by atoms with Crippen molar-refractivity contribution in [2.45, 2.75) is 0 Å². The molecule has 0 amide bonds. The predicted octanol–water partition coefficient (Wildman–Crippen LogP) is 0.726. The first-order chi connectivity index (χ1) is 3.73. The van der Waals surface area contributed by atoms with Gasteiger partial charge in [0, 0.05) is 10.4 Å². The molecule has 0 saturated heterocycles. The van der Waals surface area contributed by atoms with Gasteiger partial charge in [0.25, 0.3) is 0 Å². The van der Waals surface area contributed by atoms with E-state index >= 15 is 0 Å². The first kappa shape index (κ1) is 18.0. The molecule has 0 radical (unpaired) electrons. The second kappa shape index (κ2) is 9.14. The molecular formula is Cl3O4PtRhS. The average Bonchev–Trinajstić information content (AvgIpc) is 1.19. The Balaban J connectivity index is -0.0000000910. The van der Waals surface area contributed by atoms with E-state index in [-0.39, 0.29) is 21.1 Å². The Morgan fingerprint density at radius 1 is 1.10 bits per heavy atom. The molecule has 0 heterocycles. The van der Waals surface area contributed by atoms with E-state index in [1.807, 2.05) is 0 Å². The molecule has 0 aliphatic rings. The quantitative estimate of drug-likeness (QED) is 0.279. The van der Waals surface area contributed by atoms with Crippen molar-refractivity contribution in [1.29, 1.82) is 0 Å². The van der Waals surface area contributed by atoms with Gasteiger partial charge in [0.05, 0.1) is 0 Å². The van der Waals surface area contributed by atoms with E-state index in [1.165, 1.54) is 0 Å². The Labute approximate surface area is 90.1 Å². The van der Waals surface area contributed by atoms with Gasteiger partial charge in [-0.2, -0.15) is 0 Å². The van der Waals surface area contributed by atoms with E-state index in [9.17, 15) is 0 Å². The number of halogens is 3. The minimum Gasteiger partial charge on any atom is 2.00 e. The van der Waals surface area contributed by atoms with Gasteiger partial charge in [-0.3, -0.25) is 8.42 Å². The van der Waals surface area contributed by atoms with Crippen molar-refractivity contribution in [3.63, 3.8) is 0 Å². The van der Waals surface area contributed by atoms with Crippen LogP contribution in [-0.4, -0.2) is 17.5 Å². The second-order valence-electron chi connectivity index (χ2n) is 0.551. The summed E-state index contributed by atoms with van der Waals surface area (Å²) < 4.78 is 34.1. The van der Waals surface area contributed by atoms with Crippen molar-refractivity contribution >= 4 is 39.5 Å². The Kier molecular flexibility index (Phi) is 16.4. The molecule has 70 valence electrons. The van der Waals surface area contributed by atoms with Gasteiger partial charge in [-0.05, 0) is 0 Å². The summed E-state index contributed by atoms with van der Waals surface area (Å²) >= 11 is -1.66. The normalized spacial score (nSPS) is 10.3. The van der Waals surface area contributed by atoms with Crippen molar-refractivity contribution in [3.05, 3.63) is 0 Å². The monoisotopic (exact) mass is 499 g/mol. The maximum absolute atomic E-state index is 8.52. The molecule has 0 aromatic heterocycles. The minimum absolute atomic E-state index is 0. The van der Waals surface area contributed by atoms with Crippen LogP contribution in [0.25, 0.3) is 0 Å². The zero-order valence-corrected chi connectivity index (χ0v) is 10.8. The molecule has 0 aromatic carbocycles. The molecule has 0 fully saturated rings. The maximum Gasteiger partial charge on any atom is 2.00 e. The fraction of sp³-hybridized carbons (Fsp3) is 0. The minimum atomic E-state index is -5.17. The van der Waals surface area contributed by atoms with E-state index < -0.39 is 23.4 Å². The van der Waals surface area contributed by atoms with Crippen LogP contribution in [0.3, 0.4) is 0 Å². The molecule has 0 aliphatic heterocycles. The summed E-state index contributed by atoms with van der Waals surface area (Å²) in [6, 6.07) is 0. The van der Waals surface area contributed by atoms with Gasteiger partial charge in [-0.25, -0.2) is 0 Å². The molecule has 0 aliphatic carbocycles. The molecule has 0 spiro atoms. The third-order valence-electron chi connectivity index (χ3n) is 0. The first-order valence-corrected chi connectivity index (χ1v) is 8.71. The summed E-state index contributed by atoms with van der Waals surface area (Å²) in [6.45, 7) is 0. The first-order valence-electron chi connectivity index (χ1n) is 1.04. The van der Waals surface area contributed by atoms with Crippen molar-refractivity contribution in [2.75, 3.05) is 0 Å². The van der Waals surface area contributed by atoms with Gasteiger partial charge in [-0.15, -0.1) is 0 Å². The summed E-state index contributed by atoms with van der Waals surface area (Å²) in [4.78, 5) is 0. The molecule has 0 unspecified atom stereocenters. The van der Waals surface area contributed by atoms with Gasteiger partial charge >= 0.3 is 63.1 Å². The van der Waals surface area contributed by atoms with Crippen LogP contribution in [0.1, 0.15) is 0 Å². The molecule has 0 saturated carbocycles. The SMILES string of the molecule is O=S(=O)([O-])[O-].[Cl][Rh]([Cl])[Cl].[Pt+2]. The Bertz CT molecular complexity index is 132. The fourth-order valence-electron chi connectivity index (χ4n) is 0. The van der Waals surface area contributed by atoms with Crippen LogP contribution in [0.4, 0.5) is 0 Å². The van der Waals surface area contributed by atoms with Crippen LogP contribution >= 0.6 is 29.1 Å². The van der Waals surface area contributed by atoms with Crippen LogP contribution in [-0.2, 0) is 44.4 Å². The predicted molar refractivity (Wildman–Crippen MR) is 28.0 cm³/mol. The molecule has 0 bridgehead atoms. The summed E-state index contributed by atoms with van der Waals surface area (Å²) in [5, 5.41) is 0.